The number of carbonyl (C=O) groups is 1. The zero-order chi connectivity index (χ0) is 15.3. The maximum Gasteiger partial charge on any atom is 0.314 e. The molecule has 0 bridgehead atoms. The Balaban J connectivity index is 1.81. The summed E-state index contributed by atoms with van der Waals surface area (Å²) in [5, 5.41) is 0. The molecule has 0 radical (unpaired) electrons. The Bertz CT molecular complexity index is 455. The van der Waals surface area contributed by atoms with Crippen LogP contribution in [-0.4, -0.2) is 19.4 Å². The molecule has 2 unspecified atom stereocenters. The van der Waals surface area contributed by atoms with Gasteiger partial charge in [-0.3, -0.25) is 4.79 Å². The minimum Gasteiger partial charge on any atom is -0.435 e. The van der Waals surface area contributed by atoms with Gasteiger partial charge in [0.2, 0.25) is 6.79 Å². The van der Waals surface area contributed by atoms with Gasteiger partial charge < -0.3 is 4.74 Å². The van der Waals surface area contributed by atoms with Crippen LogP contribution in [0.3, 0.4) is 0 Å². The fourth-order valence-electron chi connectivity index (χ4n) is 2.65. The lowest BCUT2D eigenvalue weighted by Crippen LogP contribution is -2.30. The Kier molecular flexibility index (Phi) is 5.37. The molecule has 2 rings (SSSR count). The zero-order valence-electron chi connectivity index (χ0n) is 13.0. The van der Waals surface area contributed by atoms with Gasteiger partial charge in [0.1, 0.15) is 0 Å². The van der Waals surface area contributed by atoms with Gasteiger partial charge in [0.25, 0.3) is 0 Å². The molecule has 1 aliphatic rings. The van der Waals surface area contributed by atoms with E-state index in [1.54, 1.807) is 0 Å². The SMILES string of the molecule is CCCOOCOC(=O)C(C)(C)C1CC1c1ccccc1. The number of esters is 1. The normalized spacial score (nSPS) is 21.1. The van der Waals surface area contributed by atoms with Crippen LogP contribution in [0.4, 0.5) is 0 Å². The van der Waals surface area contributed by atoms with E-state index in [-0.39, 0.29) is 12.8 Å². The first-order chi connectivity index (χ1) is 10.1. The summed E-state index contributed by atoms with van der Waals surface area (Å²) in [5.74, 6) is 0.543. The molecular formula is C17H24O4. The van der Waals surface area contributed by atoms with Gasteiger partial charge in [-0.2, -0.15) is 4.89 Å². The summed E-state index contributed by atoms with van der Waals surface area (Å²) in [7, 11) is 0. The predicted octanol–water partition coefficient (Wildman–Crippen LogP) is 3.68. The van der Waals surface area contributed by atoms with Crippen LogP contribution < -0.4 is 0 Å². The fourth-order valence-corrected chi connectivity index (χ4v) is 2.65. The van der Waals surface area contributed by atoms with Crippen LogP contribution in [0.25, 0.3) is 0 Å². The highest BCUT2D eigenvalue weighted by Gasteiger charge is 2.52. The molecule has 2 atom stereocenters. The molecule has 116 valence electrons. The lowest BCUT2D eigenvalue weighted by Gasteiger charge is -2.22. The summed E-state index contributed by atoms with van der Waals surface area (Å²) < 4.78 is 5.15. The molecule has 0 N–H and O–H groups in total. The van der Waals surface area contributed by atoms with E-state index in [1.165, 1.54) is 5.56 Å². The van der Waals surface area contributed by atoms with E-state index in [9.17, 15) is 4.79 Å². The molecule has 0 heterocycles. The Morgan fingerprint density at radius 1 is 1.24 bits per heavy atom. The molecule has 21 heavy (non-hydrogen) atoms. The third-order valence-electron chi connectivity index (χ3n) is 4.08. The van der Waals surface area contributed by atoms with Crippen molar-refractivity contribution in [3.05, 3.63) is 35.9 Å². The van der Waals surface area contributed by atoms with Crippen LogP contribution in [0.1, 0.15) is 45.1 Å². The van der Waals surface area contributed by atoms with E-state index in [1.807, 2.05) is 39.0 Å². The van der Waals surface area contributed by atoms with Crippen LogP contribution in [-0.2, 0) is 19.3 Å². The van der Waals surface area contributed by atoms with Gasteiger partial charge in [-0.25, -0.2) is 4.89 Å². The Morgan fingerprint density at radius 2 is 1.95 bits per heavy atom. The lowest BCUT2D eigenvalue weighted by atomic mass is 9.85. The molecule has 0 amide bonds. The Labute approximate surface area is 126 Å². The van der Waals surface area contributed by atoms with Gasteiger partial charge in [0, 0.05) is 0 Å². The molecule has 1 aromatic rings. The van der Waals surface area contributed by atoms with Crippen molar-refractivity contribution in [3.63, 3.8) is 0 Å². The molecule has 0 saturated heterocycles. The summed E-state index contributed by atoms with van der Waals surface area (Å²) in [5.41, 5.74) is 0.792. The Morgan fingerprint density at radius 3 is 2.62 bits per heavy atom. The summed E-state index contributed by atoms with van der Waals surface area (Å²) in [6.45, 7) is 6.21. The third kappa shape index (κ3) is 4.05. The minimum atomic E-state index is -0.505. The van der Waals surface area contributed by atoms with Gasteiger partial charge in [-0.15, -0.1) is 0 Å². The van der Waals surface area contributed by atoms with Crippen molar-refractivity contribution in [1.82, 2.24) is 0 Å². The smallest absolute Gasteiger partial charge is 0.314 e. The number of hydrogen-bond donors (Lipinski definition) is 0. The topological polar surface area (TPSA) is 44.8 Å². The number of benzene rings is 1. The van der Waals surface area contributed by atoms with E-state index in [0.717, 1.165) is 12.8 Å². The van der Waals surface area contributed by atoms with Crippen molar-refractivity contribution >= 4 is 5.97 Å². The maximum absolute atomic E-state index is 12.2. The first-order valence-electron chi connectivity index (χ1n) is 7.54. The molecule has 1 aromatic carbocycles. The number of hydrogen-bond acceptors (Lipinski definition) is 4. The second-order valence-corrected chi connectivity index (χ2v) is 6.07. The highest BCUT2D eigenvalue weighted by molar-refractivity contribution is 5.77. The van der Waals surface area contributed by atoms with Crippen molar-refractivity contribution in [3.8, 4) is 0 Å². The first kappa shape index (κ1) is 16.0. The molecular weight excluding hydrogens is 268 g/mol. The van der Waals surface area contributed by atoms with Gasteiger partial charge in [-0.1, -0.05) is 37.3 Å². The molecule has 1 saturated carbocycles. The quantitative estimate of drug-likeness (QED) is 0.241. The van der Waals surface area contributed by atoms with E-state index >= 15 is 0 Å². The van der Waals surface area contributed by atoms with Crippen LogP contribution in [0.2, 0.25) is 0 Å². The van der Waals surface area contributed by atoms with Gasteiger partial charge in [0.15, 0.2) is 0 Å². The van der Waals surface area contributed by atoms with Gasteiger partial charge in [-0.05, 0) is 44.1 Å². The molecule has 1 aliphatic carbocycles. The average molecular weight is 292 g/mol. The van der Waals surface area contributed by atoms with E-state index < -0.39 is 5.41 Å². The van der Waals surface area contributed by atoms with Crippen molar-refractivity contribution in [2.75, 3.05) is 13.4 Å². The number of rotatable bonds is 8. The van der Waals surface area contributed by atoms with Crippen LogP contribution in [0.15, 0.2) is 30.3 Å². The fraction of sp³-hybridized carbons (Fsp3) is 0.588. The maximum atomic E-state index is 12.2. The second-order valence-electron chi connectivity index (χ2n) is 6.07. The number of carbonyl (C=O) groups excluding carboxylic acids is 1. The van der Waals surface area contributed by atoms with Gasteiger partial charge in [0.05, 0.1) is 12.0 Å². The molecule has 4 nitrogen and oxygen atoms in total. The standard InChI is InChI=1S/C17H24O4/c1-4-10-20-21-12-19-16(18)17(2,3)15-11-14(15)13-8-6-5-7-9-13/h5-9,14-15H,4,10-12H2,1-3H3. The largest absolute Gasteiger partial charge is 0.435 e. The molecule has 1 fully saturated rings. The molecule has 4 heteroatoms. The average Bonchev–Trinajstić information content (AvgIpc) is 3.29. The van der Waals surface area contributed by atoms with Crippen LogP contribution in [0.5, 0.6) is 0 Å². The Hall–Kier alpha value is -1.39. The molecule has 0 aromatic heterocycles. The van der Waals surface area contributed by atoms with Crippen molar-refractivity contribution in [2.24, 2.45) is 11.3 Å². The number of ether oxygens (including phenoxy) is 1. The van der Waals surface area contributed by atoms with Crippen molar-refractivity contribution in [2.45, 2.75) is 39.5 Å². The second kappa shape index (κ2) is 7.05. The van der Waals surface area contributed by atoms with E-state index in [4.69, 9.17) is 14.5 Å². The summed E-state index contributed by atoms with van der Waals surface area (Å²) in [4.78, 5) is 21.8. The summed E-state index contributed by atoms with van der Waals surface area (Å²) in [6, 6.07) is 10.3. The highest BCUT2D eigenvalue weighted by Crippen LogP contribution is 2.57. The van der Waals surface area contributed by atoms with Crippen LogP contribution in [0, 0.1) is 11.3 Å². The minimum absolute atomic E-state index is 0.148. The summed E-state index contributed by atoms with van der Waals surface area (Å²) >= 11 is 0. The first-order valence-corrected chi connectivity index (χ1v) is 7.54. The monoisotopic (exact) mass is 292 g/mol. The third-order valence-corrected chi connectivity index (χ3v) is 4.08. The van der Waals surface area contributed by atoms with Crippen molar-refractivity contribution in [1.29, 1.82) is 0 Å². The lowest BCUT2D eigenvalue weighted by molar-refractivity contribution is -0.331. The van der Waals surface area contributed by atoms with Gasteiger partial charge >= 0.3 is 5.97 Å². The molecule has 0 aliphatic heterocycles. The van der Waals surface area contributed by atoms with E-state index in [0.29, 0.717) is 18.4 Å². The highest BCUT2D eigenvalue weighted by atomic mass is 17.2. The summed E-state index contributed by atoms with van der Waals surface area (Å²) in [6.07, 6.45) is 1.89. The van der Waals surface area contributed by atoms with Crippen molar-refractivity contribution < 1.29 is 19.3 Å². The zero-order valence-corrected chi connectivity index (χ0v) is 13.0. The predicted molar refractivity (Wildman–Crippen MR) is 79.4 cm³/mol. The van der Waals surface area contributed by atoms with Crippen LogP contribution >= 0.6 is 0 Å². The van der Waals surface area contributed by atoms with E-state index in [2.05, 4.69) is 12.1 Å². The molecule has 0 spiro atoms.